The number of hydrogen-bond acceptors (Lipinski definition) is 4. The molecule has 1 aliphatic heterocycles. The van der Waals surface area contributed by atoms with Gasteiger partial charge in [0, 0.05) is 42.2 Å². The predicted molar refractivity (Wildman–Crippen MR) is 116 cm³/mol. The van der Waals surface area contributed by atoms with E-state index in [1.54, 1.807) is 6.07 Å². The molecule has 4 heterocycles. The minimum absolute atomic E-state index is 0.0929. The van der Waals surface area contributed by atoms with Gasteiger partial charge < -0.3 is 4.90 Å². The number of hydrogen-bond donors (Lipinski definition) is 0. The first-order valence-corrected chi connectivity index (χ1v) is 10.6. The average Bonchev–Trinajstić information content (AvgIpc) is 3.43. The molecule has 3 aromatic heterocycles. The Morgan fingerprint density at radius 3 is 2.36 bits per heavy atom. The van der Waals surface area contributed by atoms with Crippen LogP contribution in [0, 0.1) is 0 Å². The number of rotatable bonds is 5. The number of benzene rings is 1. The molecule has 1 aliphatic rings. The molecule has 186 valence electrons. The van der Waals surface area contributed by atoms with Crippen molar-refractivity contribution in [3.05, 3.63) is 66.9 Å². The van der Waals surface area contributed by atoms with Crippen molar-refractivity contribution in [3.63, 3.8) is 0 Å². The van der Waals surface area contributed by atoms with Crippen LogP contribution in [0.2, 0.25) is 0 Å². The van der Waals surface area contributed by atoms with Gasteiger partial charge in [-0.3, -0.25) is 14.5 Å². The largest absolute Gasteiger partial charge is 0.416 e. The molecule has 0 N–H and O–H groups in total. The van der Waals surface area contributed by atoms with Crippen LogP contribution in [-0.4, -0.2) is 48.4 Å². The maximum atomic E-state index is 13.3. The first-order chi connectivity index (χ1) is 17.0. The molecule has 0 bridgehead atoms. The Kier molecular flexibility index (Phi) is 5.57. The molecule has 0 aliphatic carbocycles. The molecular weight excluding hydrogens is 490 g/mol. The summed E-state index contributed by atoms with van der Waals surface area (Å²) in [5.41, 5.74) is 1.31. The van der Waals surface area contributed by atoms with Crippen molar-refractivity contribution in [2.24, 2.45) is 0 Å². The molecule has 1 amide bonds. The molecule has 0 saturated carbocycles. The van der Waals surface area contributed by atoms with Gasteiger partial charge in [0.2, 0.25) is 0 Å². The molecule has 0 radical (unpaired) electrons. The Morgan fingerprint density at radius 2 is 1.78 bits per heavy atom. The van der Waals surface area contributed by atoms with E-state index in [9.17, 15) is 31.1 Å². The molecule has 1 saturated heterocycles. The number of pyridine rings is 1. The van der Waals surface area contributed by atoms with Crippen LogP contribution in [0.5, 0.6) is 0 Å². The van der Waals surface area contributed by atoms with Gasteiger partial charge in [-0.1, -0.05) is 18.7 Å². The van der Waals surface area contributed by atoms with Gasteiger partial charge in [0.25, 0.3) is 5.91 Å². The van der Waals surface area contributed by atoms with Gasteiger partial charge >= 0.3 is 12.7 Å². The standard InChI is InChI=1S/C23H16F6N6O/c1-12(24)21(36)33-10-16(11-33)35-20-17(14-8-31-34(9-14)22(25)26)6-7-30-19(20)18(32-35)13-2-4-15(5-3-13)23(27,28)29/h2-9,16,22H,1,10-11H2. The van der Waals surface area contributed by atoms with Crippen LogP contribution in [0.15, 0.2) is 61.3 Å². The van der Waals surface area contributed by atoms with Crippen LogP contribution >= 0.6 is 0 Å². The topological polar surface area (TPSA) is 68.8 Å². The zero-order valence-corrected chi connectivity index (χ0v) is 18.3. The Labute approximate surface area is 199 Å². The number of amides is 1. The van der Waals surface area contributed by atoms with E-state index in [-0.39, 0.29) is 18.8 Å². The smallest absolute Gasteiger partial charge is 0.332 e. The minimum atomic E-state index is -4.52. The molecule has 1 aromatic carbocycles. The summed E-state index contributed by atoms with van der Waals surface area (Å²) in [7, 11) is 0. The zero-order valence-electron chi connectivity index (χ0n) is 18.3. The number of halogens is 6. The van der Waals surface area contributed by atoms with Crippen molar-refractivity contribution in [2.45, 2.75) is 18.8 Å². The van der Waals surface area contributed by atoms with E-state index in [1.165, 1.54) is 34.1 Å². The normalized spacial score (nSPS) is 14.5. The second-order valence-electron chi connectivity index (χ2n) is 8.18. The molecule has 5 rings (SSSR count). The van der Waals surface area contributed by atoms with Crippen molar-refractivity contribution in [3.8, 4) is 22.4 Å². The maximum absolute atomic E-state index is 13.3. The monoisotopic (exact) mass is 506 g/mol. The Hall–Kier alpha value is -4.16. The van der Waals surface area contributed by atoms with E-state index in [2.05, 4.69) is 21.8 Å². The van der Waals surface area contributed by atoms with Gasteiger partial charge in [-0.25, -0.2) is 9.07 Å². The highest BCUT2D eigenvalue weighted by atomic mass is 19.4. The number of nitrogens with zero attached hydrogens (tertiary/aromatic N) is 6. The Morgan fingerprint density at radius 1 is 1.08 bits per heavy atom. The fraction of sp³-hybridized carbons (Fsp3) is 0.217. The lowest BCUT2D eigenvalue weighted by atomic mass is 10.0. The maximum Gasteiger partial charge on any atom is 0.416 e. The van der Waals surface area contributed by atoms with Crippen LogP contribution in [0.25, 0.3) is 33.4 Å². The van der Waals surface area contributed by atoms with E-state index in [4.69, 9.17) is 0 Å². The summed E-state index contributed by atoms with van der Waals surface area (Å²) < 4.78 is 80.7. The summed E-state index contributed by atoms with van der Waals surface area (Å²) in [6.45, 7) is 0.331. The molecule has 13 heteroatoms. The SMILES string of the molecule is C=C(F)C(=O)N1CC(n2nc(-c3ccc(C(F)(F)F)cc3)c3nccc(-c4cnn(C(F)F)c4)c32)C1. The third kappa shape index (κ3) is 3.99. The van der Waals surface area contributed by atoms with Crippen LogP contribution in [0.3, 0.4) is 0 Å². The van der Waals surface area contributed by atoms with Gasteiger partial charge in [0.05, 0.1) is 23.3 Å². The van der Waals surface area contributed by atoms with Crippen molar-refractivity contribution in [1.29, 1.82) is 0 Å². The van der Waals surface area contributed by atoms with Gasteiger partial charge in [-0.15, -0.1) is 0 Å². The molecule has 7 nitrogen and oxygen atoms in total. The highest BCUT2D eigenvalue weighted by Crippen LogP contribution is 2.38. The molecule has 0 unspecified atom stereocenters. The van der Waals surface area contributed by atoms with Gasteiger partial charge in [0.15, 0.2) is 5.83 Å². The number of carbonyl (C=O) groups excluding carboxylic acids is 1. The highest BCUT2D eigenvalue weighted by Gasteiger charge is 2.36. The number of likely N-dealkylation sites (tertiary alicyclic amines) is 1. The van der Waals surface area contributed by atoms with E-state index >= 15 is 0 Å². The lowest BCUT2D eigenvalue weighted by Crippen LogP contribution is -2.51. The van der Waals surface area contributed by atoms with Crippen molar-refractivity contribution in [2.75, 3.05) is 13.1 Å². The van der Waals surface area contributed by atoms with E-state index in [0.717, 1.165) is 18.3 Å². The fourth-order valence-electron chi connectivity index (χ4n) is 4.10. The van der Waals surface area contributed by atoms with Gasteiger partial charge in [-0.2, -0.15) is 32.1 Å². The first-order valence-electron chi connectivity index (χ1n) is 10.6. The van der Waals surface area contributed by atoms with E-state index in [1.807, 2.05) is 0 Å². The third-order valence-corrected chi connectivity index (χ3v) is 5.91. The van der Waals surface area contributed by atoms with E-state index in [0.29, 0.717) is 32.4 Å². The van der Waals surface area contributed by atoms with Crippen LogP contribution in [0.4, 0.5) is 26.3 Å². The lowest BCUT2D eigenvalue weighted by molar-refractivity contribution is -0.137. The minimum Gasteiger partial charge on any atom is -0.332 e. The quantitative estimate of drug-likeness (QED) is 0.274. The first kappa shape index (κ1) is 23.6. The predicted octanol–water partition coefficient (Wildman–Crippen LogP) is 5.24. The van der Waals surface area contributed by atoms with Crippen molar-refractivity contribution in [1.82, 2.24) is 29.4 Å². The van der Waals surface area contributed by atoms with Gasteiger partial charge in [0.1, 0.15) is 11.2 Å². The Balaban J connectivity index is 1.63. The second kappa shape index (κ2) is 8.50. The highest BCUT2D eigenvalue weighted by molar-refractivity contribution is 5.99. The number of fused-ring (bicyclic) bond motifs is 1. The second-order valence-corrected chi connectivity index (χ2v) is 8.18. The van der Waals surface area contributed by atoms with Gasteiger partial charge in [-0.05, 0) is 18.2 Å². The summed E-state index contributed by atoms with van der Waals surface area (Å²) >= 11 is 0. The lowest BCUT2D eigenvalue weighted by Gasteiger charge is -2.39. The Bertz CT molecular complexity index is 1470. The summed E-state index contributed by atoms with van der Waals surface area (Å²) in [6.07, 6.45) is -0.683. The summed E-state index contributed by atoms with van der Waals surface area (Å²) in [5, 5.41) is 8.25. The molecule has 0 spiro atoms. The van der Waals surface area contributed by atoms with Crippen LogP contribution in [-0.2, 0) is 11.0 Å². The summed E-state index contributed by atoms with van der Waals surface area (Å²) in [6, 6.07) is 5.53. The fourth-order valence-corrected chi connectivity index (χ4v) is 4.10. The third-order valence-electron chi connectivity index (χ3n) is 5.91. The number of alkyl halides is 5. The number of carbonyl (C=O) groups is 1. The van der Waals surface area contributed by atoms with Crippen LogP contribution in [0.1, 0.15) is 18.2 Å². The number of aromatic nitrogens is 5. The van der Waals surface area contributed by atoms with Crippen molar-refractivity contribution >= 4 is 16.9 Å². The summed E-state index contributed by atoms with van der Waals surface area (Å²) in [4.78, 5) is 17.5. The zero-order chi connectivity index (χ0) is 25.8. The molecule has 1 fully saturated rings. The van der Waals surface area contributed by atoms with Crippen molar-refractivity contribution < 1.29 is 31.1 Å². The molecule has 0 atom stereocenters. The van der Waals surface area contributed by atoms with Crippen LogP contribution < -0.4 is 0 Å². The average molecular weight is 506 g/mol. The molecule has 36 heavy (non-hydrogen) atoms. The summed E-state index contributed by atoms with van der Waals surface area (Å²) in [5.74, 6) is -1.96. The molecular formula is C23H16F6N6O. The molecule has 4 aromatic rings. The van der Waals surface area contributed by atoms with E-state index < -0.39 is 36.1 Å².